The normalized spacial score (nSPS) is 11.3. The molecule has 2 aromatic rings. The van der Waals surface area contributed by atoms with Gasteiger partial charge in [-0.05, 0) is 30.3 Å². The van der Waals surface area contributed by atoms with Gasteiger partial charge in [0.15, 0.2) is 0 Å². The average molecular weight is 395 g/mol. The zero-order valence-corrected chi connectivity index (χ0v) is 14.9. The molecule has 0 saturated carbocycles. The lowest BCUT2D eigenvalue weighted by Crippen LogP contribution is -2.32. The van der Waals surface area contributed by atoms with Gasteiger partial charge in [-0.3, -0.25) is 4.79 Å². The monoisotopic (exact) mass is 394 g/mol. The number of carbonyl (C=O) groups is 1. The van der Waals surface area contributed by atoms with Crippen LogP contribution in [0.4, 0.5) is 5.69 Å². The Kier molecular flexibility index (Phi) is 5.88. The van der Waals surface area contributed by atoms with Crippen molar-refractivity contribution in [3.63, 3.8) is 0 Å². The number of amides is 1. The minimum atomic E-state index is -3.78. The van der Waals surface area contributed by atoms with Gasteiger partial charge in [0.1, 0.15) is 9.96 Å². The molecule has 0 fully saturated rings. The van der Waals surface area contributed by atoms with E-state index in [0.29, 0.717) is 20.8 Å². The van der Waals surface area contributed by atoms with Crippen molar-refractivity contribution in [3.8, 4) is 5.75 Å². The minimum absolute atomic E-state index is 0.0376. The first-order valence-electron chi connectivity index (χ1n) is 6.20. The van der Waals surface area contributed by atoms with Crippen LogP contribution in [0.1, 0.15) is 0 Å². The van der Waals surface area contributed by atoms with E-state index in [-0.39, 0.29) is 4.21 Å². The summed E-state index contributed by atoms with van der Waals surface area (Å²) >= 11 is 12.5. The van der Waals surface area contributed by atoms with E-state index in [4.69, 9.17) is 27.9 Å². The van der Waals surface area contributed by atoms with Crippen molar-refractivity contribution in [2.75, 3.05) is 19.0 Å². The van der Waals surface area contributed by atoms with Crippen molar-refractivity contribution in [2.24, 2.45) is 0 Å². The molecule has 0 radical (unpaired) electrons. The number of benzene rings is 1. The van der Waals surface area contributed by atoms with Crippen LogP contribution in [0.25, 0.3) is 0 Å². The van der Waals surface area contributed by atoms with Crippen LogP contribution in [0.3, 0.4) is 0 Å². The van der Waals surface area contributed by atoms with Gasteiger partial charge < -0.3 is 10.1 Å². The first-order chi connectivity index (χ1) is 10.8. The van der Waals surface area contributed by atoms with Crippen LogP contribution in [0, 0.1) is 0 Å². The quantitative estimate of drug-likeness (QED) is 0.788. The molecule has 1 aromatic carbocycles. The van der Waals surface area contributed by atoms with Crippen molar-refractivity contribution < 1.29 is 17.9 Å². The highest BCUT2D eigenvalue weighted by Crippen LogP contribution is 2.28. The van der Waals surface area contributed by atoms with Crippen LogP contribution in [-0.2, 0) is 14.8 Å². The SMILES string of the molecule is COc1ccc(Cl)cc1NC(=O)CNS(=O)(=O)c1ccc(Cl)s1. The maximum Gasteiger partial charge on any atom is 0.250 e. The molecular weight excluding hydrogens is 383 g/mol. The van der Waals surface area contributed by atoms with Crippen molar-refractivity contribution >= 4 is 56.2 Å². The Labute approximate surface area is 147 Å². The highest BCUT2D eigenvalue weighted by molar-refractivity contribution is 7.91. The number of thiophene rings is 1. The fourth-order valence-corrected chi connectivity index (χ4v) is 4.33. The van der Waals surface area contributed by atoms with Crippen molar-refractivity contribution in [2.45, 2.75) is 4.21 Å². The largest absolute Gasteiger partial charge is 0.495 e. The average Bonchev–Trinajstić information content (AvgIpc) is 2.93. The predicted octanol–water partition coefficient (Wildman–Crippen LogP) is 2.98. The molecular formula is C13H12Cl2N2O4S2. The molecule has 2 N–H and O–H groups in total. The molecule has 0 atom stereocenters. The summed E-state index contributed by atoms with van der Waals surface area (Å²) in [7, 11) is -2.34. The Hall–Kier alpha value is -1.32. The Morgan fingerprint density at radius 1 is 1.26 bits per heavy atom. The topological polar surface area (TPSA) is 84.5 Å². The van der Waals surface area contributed by atoms with Crippen LogP contribution in [-0.4, -0.2) is 28.0 Å². The summed E-state index contributed by atoms with van der Waals surface area (Å²) in [5.74, 6) is -0.146. The molecule has 1 aromatic heterocycles. The van der Waals surface area contributed by atoms with Crippen LogP contribution < -0.4 is 14.8 Å². The van der Waals surface area contributed by atoms with E-state index in [2.05, 4.69) is 10.0 Å². The maximum atomic E-state index is 12.0. The Morgan fingerprint density at radius 2 is 2.00 bits per heavy atom. The number of anilines is 1. The predicted molar refractivity (Wildman–Crippen MR) is 91.2 cm³/mol. The number of nitrogens with one attached hydrogen (secondary N) is 2. The Bertz CT molecular complexity index is 821. The van der Waals surface area contributed by atoms with Gasteiger partial charge in [-0.1, -0.05) is 23.2 Å². The second-order valence-corrected chi connectivity index (χ2v) is 8.42. The lowest BCUT2D eigenvalue weighted by atomic mass is 10.3. The lowest BCUT2D eigenvalue weighted by molar-refractivity contribution is -0.115. The van der Waals surface area contributed by atoms with E-state index < -0.39 is 22.5 Å². The molecule has 0 bridgehead atoms. The van der Waals surface area contributed by atoms with Crippen molar-refractivity contribution in [3.05, 3.63) is 39.7 Å². The molecule has 0 saturated heterocycles. The molecule has 0 aliphatic carbocycles. The van der Waals surface area contributed by atoms with E-state index in [9.17, 15) is 13.2 Å². The molecule has 10 heteroatoms. The number of ether oxygens (including phenoxy) is 1. The molecule has 2 rings (SSSR count). The van der Waals surface area contributed by atoms with Gasteiger partial charge in [0.25, 0.3) is 10.0 Å². The van der Waals surface area contributed by atoms with Crippen LogP contribution >= 0.6 is 34.5 Å². The molecule has 0 aliphatic heterocycles. The van der Waals surface area contributed by atoms with Crippen LogP contribution in [0.15, 0.2) is 34.5 Å². The first-order valence-corrected chi connectivity index (χ1v) is 9.26. The number of hydrogen-bond donors (Lipinski definition) is 2. The summed E-state index contributed by atoms with van der Waals surface area (Å²) in [6, 6.07) is 7.55. The summed E-state index contributed by atoms with van der Waals surface area (Å²) in [6.45, 7) is -0.437. The second-order valence-electron chi connectivity index (χ2n) is 4.28. The van der Waals surface area contributed by atoms with E-state index in [0.717, 1.165) is 11.3 Å². The molecule has 1 heterocycles. The Morgan fingerprint density at radius 3 is 2.61 bits per heavy atom. The smallest absolute Gasteiger partial charge is 0.250 e. The summed E-state index contributed by atoms with van der Waals surface area (Å²) in [6.07, 6.45) is 0. The standard InChI is InChI=1S/C13H12Cl2N2O4S2/c1-21-10-3-2-8(14)6-9(10)17-12(18)7-16-23(19,20)13-5-4-11(15)22-13/h2-6,16H,7H2,1H3,(H,17,18). The molecule has 0 unspecified atom stereocenters. The number of rotatable bonds is 6. The second kappa shape index (κ2) is 7.50. The number of methoxy groups -OCH3 is 1. The summed E-state index contributed by atoms with van der Waals surface area (Å²) in [5, 5.41) is 2.95. The highest BCUT2D eigenvalue weighted by atomic mass is 35.5. The summed E-state index contributed by atoms with van der Waals surface area (Å²) < 4.78 is 31.7. The van der Waals surface area contributed by atoms with Crippen LogP contribution in [0.5, 0.6) is 5.75 Å². The van der Waals surface area contributed by atoms with Gasteiger partial charge in [-0.25, -0.2) is 13.1 Å². The number of halogens is 2. The molecule has 1 amide bonds. The zero-order valence-electron chi connectivity index (χ0n) is 11.8. The van der Waals surface area contributed by atoms with Crippen molar-refractivity contribution in [1.82, 2.24) is 4.72 Å². The van der Waals surface area contributed by atoms with Crippen molar-refractivity contribution in [1.29, 1.82) is 0 Å². The third-order valence-corrected chi connectivity index (χ3v) is 6.03. The lowest BCUT2D eigenvalue weighted by Gasteiger charge is -2.11. The molecule has 124 valence electrons. The van der Waals surface area contributed by atoms with Gasteiger partial charge in [0.05, 0.1) is 23.7 Å². The third kappa shape index (κ3) is 4.82. The van der Waals surface area contributed by atoms with E-state index >= 15 is 0 Å². The number of carbonyl (C=O) groups excluding carboxylic acids is 1. The van der Waals surface area contributed by atoms with E-state index in [1.54, 1.807) is 12.1 Å². The maximum absolute atomic E-state index is 12.0. The fraction of sp³-hybridized carbons (Fsp3) is 0.154. The number of sulfonamides is 1. The third-order valence-electron chi connectivity index (χ3n) is 2.67. The molecule has 6 nitrogen and oxygen atoms in total. The van der Waals surface area contributed by atoms with E-state index in [1.807, 2.05) is 0 Å². The van der Waals surface area contributed by atoms with Gasteiger partial charge in [-0.15, -0.1) is 11.3 Å². The molecule has 0 aliphatic rings. The van der Waals surface area contributed by atoms with E-state index in [1.165, 1.54) is 25.3 Å². The number of hydrogen-bond acceptors (Lipinski definition) is 5. The van der Waals surface area contributed by atoms with Gasteiger partial charge in [0, 0.05) is 5.02 Å². The van der Waals surface area contributed by atoms with Gasteiger partial charge in [0.2, 0.25) is 5.91 Å². The molecule has 23 heavy (non-hydrogen) atoms. The fourth-order valence-electron chi connectivity index (χ4n) is 1.65. The van der Waals surface area contributed by atoms with Gasteiger partial charge >= 0.3 is 0 Å². The zero-order chi connectivity index (χ0) is 17.0. The molecule has 0 spiro atoms. The van der Waals surface area contributed by atoms with Gasteiger partial charge in [-0.2, -0.15) is 0 Å². The first kappa shape index (κ1) is 18.0. The summed E-state index contributed by atoms with van der Waals surface area (Å²) in [5.41, 5.74) is 0.350. The Balaban J connectivity index is 2.02. The highest BCUT2D eigenvalue weighted by Gasteiger charge is 2.18. The summed E-state index contributed by atoms with van der Waals surface area (Å²) in [4.78, 5) is 11.9. The van der Waals surface area contributed by atoms with Crippen LogP contribution in [0.2, 0.25) is 9.36 Å². The minimum Gasteiger partial charge on any atom is -0.495 e.